The maximum absolute atomic E-state index is 15.8. The number of amides is 1. The molecule has 3 aromatic rings. The number of rotatable bonds is 7. The molecule has 3 atom stereocenters. The lowest BCUT2D eigenvalue weighted by atomic mass is 9.79. The Morgan fingerprint density at radius 1 is 1.24 bits per heavy atom. The minimum Gasteiger partial charge on any atom is -0.469 e. The summed E-state index contributed by atoms with van der Waals surface area (Å²) in [4.78, 5) is 33.4. The summed E-state index contributed by atoms with van der Waals surface area (Å²) in [6.45, 7) is 4.57. The van der Waals surface area contributed by atoms with Crippen molar-refractivity contribution < 1.29 is 28.0 Å². The molecule has 37 heavy (non-hydrogen) atoms. The van der Waals surface area contributed by atoms with Crippen LogP contribution in [-0.4, -0.2) is 47.3 Å². The molecule has 198 valence electrons. The molecule has 0 spiro atoms. The number of aromatic nitrogens is 3. The number of H-pyrrole nitrogens is 1. The van der Waals surface area contributed by atoms with E-state index >= 15 is 4.39 Å². The highest BCUT2D eigenvalue weighted by Gasteiger charge is 2.38. The fourth-order valence-electron chi connectivity index (χ4n) is 5.70. The number of nitrogens with zero attached hydrogens (tertiary/aromatic N) is 2. The van der Waals surface area contributed by atoms with Crippen molar-refractivity contribution >= 4 is 22.9 Å². The maximum atomic E-state index is 15.8. The van der Waals surface area contributed by atoms with E-state index in [0.717, 1.165) is 25.7 Å². The van der Waals surface area contributed by atoms with Crippen molar-refractivity contribution in [2.45, 2.75) is 57.9 Å². The van der Waals surface area contributed by atoms with Gasteiger partial charge in [-0.3, -0.25) is 9.59 Å². The zero-order chi connectivity index (χ0) is 26.1. The molecule has 0 bridgehead atoms. The largest absolute Gasteiger partial charge is 0.469 e. The van der Waals surface area contributed by atoms with Crippen LogP contribution >= 0.6 is 0 Å². The van der Waals surface area contributed by atoms with Crippen LogP contribution in [0.1, 0.15) is 78.9 Å². The summed E-state index contributed by atoms with van der Waals surface area (Å²) in [7, 11) is 1.32. The average molecular weight is 513 g/mol. The smallest absolute Gasteiger partial charge is 0.311 e. The van der Waals surface area contributed by atoms with Gasteiger partial charge >= 0.3 is 5.97 Å². The van der Waals surface area contributed by atoms with Gasteiger partial charge in [-0.15, -0.1) is 0 Å². The second-order valence-electron chi connectivity index (χ2n) is 10.3. The van der Waals surface area contributed by atoms with Crippen molar-refractivity contribution in [3.8, 4) is 0 Å². The lowest BCUT2D eigenvalue weighted by Gasteiger charge is -2.32. The normalized spacial score (nSPS) is 24.8. The van der Waals surface area contributed by atoms with Crippen LogP contribution in [0.15, 0.2) is 22.9 Å². The summed E-state index contributed by atoms with van der Waals surface area (Å²) in [5.74, 6) is -0.910. The number of nitrogens with one attached hydrogen (secondary N) is 2. The molecule has 3 heterocycles. The van der Waals surface area contributed by atoms with E-state index in [9.17, 15) is 9.59 Å². The predicted molar refractivity (Wildman–Crippen MR) is 132 cm³/mol. The first-order chi connectivity index (χ1) is 17.9. The molecule has 2 N–H and O–H groups in total. The molecule has 0 radical (unpaired) electrons. The number of hydrogen-bond acceptors (Lipinski definition) is 7. The lowest BCUT2D eigenvalue weighted by Crippen LogP contribution is -2.36. The fourth-order valence-corrected chi connectivity index (χ4v) is 5.70. The summed E-state index contributed by atoms with van der Waals surface area (Å²) in [5, 5.41) is 7.06. The van der Waals surface area contributed by atoms with Crippen molar-refractivity contribution in [1.29, 1.82) is 0 Å². The number of carbonyl (C=O) groups is 2. The van der Waals surface area contributed by atoms with Crippen LogP contribution in [0.25, 0.3) is 11.0 Å². The number of benzene rings is 1. The molecule has 1 aromatic carbocycles. The first-order valence-corrected chi connectivity index (χ1v) is 13.0. The summed E-state index contributed by atoms with van der Waals surface area (Å²) >= 11 is 0. The van der Waals surface area contributed by atoms with E-state index in [1.54, 1.807) is 12.1 Å². The number of fused-ring (bicyclic) bond motifs is 1. The molecule has 9 nitrogen and oxygen atoms in total. The van der Waals surface area contributed by atoms with Gasteiger partial charge < -0.3 is 24.3 Å². The van der Waals surface area contributed by atoms with Gasteiger partial charge in [0.2, 0.25) is 0 Å². The number of methoxy groups -OCH3 is 1. The van der Waals surface area contributed by atoms with Crippen LogP contribution < -0.4 is 5.32 Å². The molecular formula is C27H33FN4O5. The Morgan fingerprint density at radius 3 is 2.76 bits per heavy atom. The highest BCUT2D eigenvalue weighted by Crippen LogP contribution is 2.39. The van der Waals surface area contributed by atoms with Crippen molar-refractivity contribution in [1.82, 2.24) is 20.4 Å². The average Bonchev–Trinajstić information content (AvgIpc) is 3.67. The van der Waals surface area contributed by atoms with Gasteiger partial charge in [0.25, 0.3) is 5.91 Å². The van der Waals surface area contributed by atoms with E-state index in [1.165, 1.54) is 13.4 Å². The van der Waals surface area contributed by atoms with Gasteiger partial charge in [-0.05, 0) is 42.7 Å². The maximum Gasteiger partial charge on any atom is 0.311 e. The van der Waals surface area contributed by atoms with Crippen molar-refractivity contribution in [2.24, 2.45) is 17.8 Å². The van der Waals surface area contributed by atoms with Gasteiger partial charge in [0.15, 0.2) is 5.82 Å². The molecule has 1 amide bonds. The minimum absolute atomic E-state index is 0.153. The highest BCUT2D eigenvalue weighted by atomic mass is 19.1. The molecule has 10 heteroatoms. The second kappa shape index (κ2) is 10.6. The summed E-state index contributed by atoms with van der Waals surface area (Å²) < 4.78 is 31.2. The number of halogens is 1. The Balaban J connectivity index is 1.49. The number of aryl methyl sites for hydroxylation is 1. The topological polar surface area (TPSA) is 119 Å². The number of ether oxygens (including phenoxy) is 2. The molecule has 5 rings (SSSR count). The van der Waals surface area contributed by atoms with Gasteiger partial charge in [0, 0.05) is 5.92 Å². The van der Waals surface area contributed by atoms with Crippen LogP contribution in [0.4, 0.5) is 4.39 Å². The third kappa shape index (κ3) is 4.86. The second-order valence-corrected chi connectivity index (χ2v) is 10.3. The Kier molecular flexibility index (Phi) is 7.28. The van der Waals surface area contributed by atoms with E-state index in [4.69, 9.17) is 14.0 Å². The van der Waals surface area contributed by atoms with Crippen molar-refractivity contribution in [3.05, 3.63) is 46.9 Å². The zero-order valence-corrected chi connectivity index (χ0v) is 21.4. The van der Waals surface area contributed by atoms with Gasteiger partial charge in [0.1, 0.15) is 23.2 Å². The molecule has 2 unspecified atom stereocenters. The van der Waals surface area contributed by atoms with E-state index in [0.29, 0.717) is 40.5 Å². The van der Waals surface area contributed by atoms with E-state index in [2.05, 4.69) is 27.4 Å². The summed E-state index contributed by atoms with van der Waals surface area (Å²) in [6.07, 6.45) is 5.91. The molecular weight excluding hydrogens is 479 g/mol. The lowest BCUT2D eigenvalue weighted by molar-refractivity contribution is -0.145. The molecule has 2 fully saturated rings. The fraction of sp³-hybridized carbons (Fsp3) is 0.556. The van der Waals surface area contributed by atoms with E-state index in [-0.39, 0.29) is 30.6 Å². The van der Waals surface area contributed by atoms with Crippen LogP contribution in [0.2, 0.25) is 0 Å². The summed E-state index contributed by atoms with van der Waals surface area (Å²) in [5.41, 5.74) is 2.09. The molecule has 1 saturated heterocycles. The minimum atomic E-state index is -0.567. The number of hydrogen-bond donors (Lipinski definition) is 2. The Morgan fingerprint density at radius 2 is 2.03 bits per heavy atom. The van der Waals surface area contributed by atoms with Crippen molar-refractivity contribution in [2.75, 3.05) is 20.3 Å². The highest BCUT2D eigenvalue weighted by molar-refractivity contribution is 5.95. The quantitative estimate of drug-likeness (QED) is 0.449. The van der Waals surface area contributed by atoms with E-state index < -0.39 is 29.7 Å². The number of aromatic amines is 1. The van der Waals surface area contributed by atoms with Crippen LogP contribution in [0, 0.1) is 23.6 Å². The number of carbonyl (C=O) groups excluding carboxylic acids is 2. The molecule has 1 aliphatic heterocycles. The van der Waals surface area contributed by atoms with Gasteiger partial charge in [-0.25, -0.2) is 9.37 Å². The predicted octanol–water partition coefficient (Wildman–Crippen LogP) is 4.45. The summed E-state index contributed by atoms with van der Waals surface area (Å²) in [6, 6.07) is 3.02. The van der Waals surface area contributed by atoms with Gasteiger partial charge in [-0.2, -0.15) is 0 Å². The number of esters is 1. The Bertz CT molecular complexity index is 1280. The first-order valence-electron chi connectivity index (χ1n) is 13.0. The number of imidazole rings is 1. The molecule has 2 aliphatic rings. The third-order valence-corrected chi connectivity index (χ3v) is 7.96. The standard InChI is InChI=1S/C27H33FN4O5/c1-4-20-19(13-37-32-20)26(33)31-23(15-7-5-14(2)6-8-15)25-29-21-10-9-16(22(28)24(21)30-25)17-11-36-12-18(17)27(34)35-3/h9-10,13-15,17-18,23H,4-8,11-12H2,1-3H3,(H,29,30)(H,31,33)/t14-,15-,17?,18?,23-/m0/s1. The third-order valence-electron chi connectivity index (χ3n) is 7.96. The zero-order valence-electron chi connectivity index (χ0n) is 21.4. The van der Waals surface area contributed by atoms with Crippen LogP contribution in [0.3, 0.4) is 0 Å². The Labute approximate surface area is 214 Å². The van der Waals surface area contributed by atoms with Gasteiger partial charge in [-0.1, -0.05) is 37.9 Å². The Hall–Kier alpha value is -3.27. The van der Waals surface area contributed by atoms with Crippen molar-refractivity contribution in [3.63, 3.8) is 0 Å². The van der Waals surface area contributed by atoms with E-state index in [1.807, 2.05) is 6.92 Å². The monoisotopic (exact) mass is 512 g/mol. The van der Waals surface area contributed by atoms with Crippen LogP contribution in [-0.2, 0) is 20.7 Å². The SMILES string of the molecule is CCc1nocc1C(=O)N[C@H](c1nc2c(F)c(C3COCC3C(=O)OC)ccc2[nH]1)[C@H]1CC[C@H](C)CC1. The molecule has 1 aliphatic carbocycles. The molecule has 1 saturated carbocycles. The van der Waals surface area contributed by atoms with Crippen LogP contribution in [0.5, 0.6) is 0 Å². The first kappa shape index (κ1) is 25.4. The molecule has 2 aromatic heterocycles. The van der Waals surface area contributed by atoms with Gasteiger partial charge in [0.05, 0.1) is 43.5 Å².